The molecule has 10 nitrogen and oxygen atoms in total. The molecule has 3 aromatic rings. The Balaban J connectivity index is 1.28. The Hall–Kier alpha value is -2.91. The average molecular weight is 585 g/mol. The SMILES string of the molecule is COc1c(Nc2nnc(Cl)c(Nc3ccc(P(C)(C)=O)cc3)n2)cccc1N1CCC(N2CCN(C)CC2)CC1. The number of rotatable bonds is 8. The van der Waals surface area contributed by atoms with Crippen LogP contribution in [0.3, 0.4) is 0 Å². The maximum atomic E-state index is 12.3. The summed E-state index contributed by atoms with van der Waals surface area (Å²) in [7, 11) is 1.55. The molecule has 40 heavy (non-hydrogen) atoms. The first-order valence-corrected chi connectivity index (χ1v) is 16.6. The molecule has 2 aliphatic heterocycles. The van der Waals surface area contributed by atoms with E-state index in [0.717, 1.165) is 80.2 Å². The largest absolute Gasteiger partial charge is 0.492 e. The monoisotopic (exact) mass is 584 g/mol. The van der Waals surface area contributed by atoms with Crippen molar-refractivity contribution in [3.05, 3.63) is 47.6 Å². The van der Waals surface area contributed by atoms with E-state index in [9.17, 15) is 4.57 Å². The third kappa shape index (κ3) is 6.69. The highest BCUT2D eigenvalue weighted by atomic mass is 35.5. The van der Waals surface area contributed by atoms with Crippen molar-refractivity contribution in [1.29, 1.82) is 0 Å². The van der Waals surface area contributed by atoms with Crippen molar-refractivity contribution < 1.29 is 9.30 Å². The third-order valence-corrected chi connectivity index (χ3v) is 9.50. The van der Waals surface area contributed by atoms with Crippen LogP contribution in [0.15, 0.2) is 42.5 Å². The van der Waals surface area contributed by atoms with E-state index >= 15 is 0 Å². The van der Waals surface area contributed by atoms with Crippen LogP contribution in [-0.2, 0) is 4.57 Å². The van der Waals surface area contributed by atoms with E-state index < -0.39 is 7.14 Å². The summed E-state index contributed by atoms with van der Waals surface area (Å²) in [5.74, 6) is 1.40. The van der Waals surface area contributed by atoms with Crippen LogP contribution < -0.4 is 25.6 Å². The second-order valence-corrected chi connectivity index (χ2v) is 14.4. The smallest absolute Gasteiger partial charge is 0.249 e. The minimum atomic E-state index is -2.33. The number of benzene rings is 2. The van der Waals surface area contributed by atoms with Crippen molar-refractivity contribution >= 4 is 52.9 Å². The van der Waals surface area contributed by atoms with Gasteiger partial charge in [0.05, 0.1) is 18.5 Å². The van der Waals surface area contributed by atoms with Gasteiger partial charge in [-0.05, 0) is 69.6 Å². The van der Waals surface area contributed by atoms with E-state index in [1.165, 1.54) is 0 Å². The van der Waals surface area contributed by atoms with Gasteiger partial charge in [0.1, 0.15) is 7.14 Å². The van der Waals surface area contributed by atoms with E-state index in [-0.39, 0.29) is 5.15 Å². The minimum absolute atomic E-state index is 0.148. The Kier molecular flexibility index (Phi) is 8.80. The summed E-state index contributed by atoms with van der Waals surface area (Å²) in [6.45, 7) is 10.1. The zero-order valence-corrected chi connectivity index (χ0v) is 25.3. The fourth-order valence-electron chi connectivity index (χ4n) is 5.35. The number of nitrogens with one attached hydrogen (secondary N) is 2. The third-order valence-electron chi connectivity index (χ3n) is 7.70. The van der Waals surface area contributed by atoms with Gasteiger partial charge in [-0.2, -0.15) is 4.98 Å². The molecule has 2 aliphatic rings. The molecule has 2 fully saturated rings. The van der Waals surface area contributed by atoms with Crippen molar-refractivity contribution in [3.8, 4) is 5.75 Å². The molecule has 2 N–H and O–H groups in total. The molecule has 0 radical (unpaired) electrons. The predicted octanol–water partition coefficient (Wildman–Crippen LogP) is 4.49. The van der Waals surface area contributed by atoms with Crippen LogP contribution in [0.2, 0.25) is 5.15 Å². The maximum Gasteiger partial charge on any atom is 0.249 e. The molecule has 0 amide bonds. The molecule has 214 valence electrons. The average Bonchev–Trinajstić information content (AvgIpc) is 2.95. The molecule has 1 aromatic heterocycles. The highest BCUT2D eigenvalue weighted by Gasteiger charge is 2.28. The van der Waals surface area contributed by atoms with Crippen LogP contribution in [-0.4, -0.2) is 97.8 Å². The molecule has 2 aromatic carbocycles. The van der Waals surface area contributed by atoms with Crippen LogP contribution in [0.25, 0.3) is 0 Å². The molecule has 0 atom stereocenters. The molecule has 12 heteroatoms. The lowest BCUT2D eigenvalue weighted by atomic mass is 10.0. The van der Waals surface area contributed by atoms with Gasteiger partial charge in [-0.3, -0.25) is 4.90 Å². The van der Waals surface area contributed by atoms with E-state index in [0.29, 0.717) is 17.8 Å². The number of likely N-dealkylation sites (N-methyl/N-ethyl adjacent to an activating group) is 1. The molecular weight excluding hydrogens is 547 g/mol. The Morgan fingerprint density at radius 1 is 0.950 bits per heavy atom. The lowest BCUT2D eigenvalue weighted by Gasteiger charge is -2.42. The number of para-hydroxylation sites is 1. The van der Waals surface area contributed by atoms with Crippen molar-refractivity contribution in [1.82, 2.24) is 25.0 Å². The number of methoxy groups -OCH3 is 1. The van der Waals surface area contributed by atoms with Crippen molar-refractivity contribution in [2.45, 2.75) is 18.9 Å². The number of halogens is 1. The summed E-state index contributed by atoms with van der Waals surface area (Å²) in [5, 5.41) is 15.6. The number of piperidine rings is 1. The van der Waals surface area contributed by atoms with Gasteiger partial charge in [-0.1, -0.05) is 17.7 Å². The number of ether oxygens (including phenoxy) is 1. The summed E-state index contributed by atoms with van der Waals surface area (Å²) < 4.78 is 18.2. The zero-order valence-electron chi connectivity index (χ0n) is 23.6. The number of nitrogens with zero attached hydrogens (tertiary/aromatic N) is 6. The molecule has 0 bridgehead atoms. The topological polar surface area (TPSA) is 98.7 Å². The standard InChI is InChI=1S/C28H38ClN8O2P/c1-35-16-18-36(19-17-35)21-12-14-37(15-13-21)24-7-5-6-23(25(24)39-2)31-28-32-27(26(29)33-34-28)30-20-8-10-22(11-9-20)40(3,4)38/h5-11,21H,12-19H2,1-4H3,(H2,30,31,32,34). The van der Waals surface area contributed by atoms with E-state index in [2.05, 4.69) is 53.6 Å². The highest BCUT2D eigenvalue weighted by Crippen LogP contribution is 2.39. The second kappa shape index (κ2) is 12.3. The number of hydrogen-bond acceptors (Lipinski definition) is 10. The summed E-state index contributed by atoms with van der Waals surface area (Å²) in [6.07, 6.45) is 2.28. The van der Waals surface area contributed by atoms with Crippen LogP contribution in [0.4, 0.5) is 28.8 Å². The number of aromatic nitrogens is 3. The molecule has 0 spiro atoms. The first kappa shape index (κ1) is 28.6. The lowest BCUT2D eigenvalue weighted by molar-refractivity contribution is 0.0981. The highest BCUT2D eigenvalue weighted by molar-refractivity contribution is 7.70. The van der Waals surface area contributed by atoms with Gasteiger partial charge in [0.2, 0.25) is 5.95 Å². The second-order valence-electron chi connectivity index (χ2n) is 10.8. The first-order valence-electron chi connectivity index (χ1n) is 13.7. The van der Waals surface area contributed by atoms with Crippen LogP contribution in [0.5, 0.6) is 5.75 Å². The first-order chi connectivity index (χ1) is 19.2. The molecule has 5 rings (SSSR count). The van der Waals surface area contributed by atoms with Gasteiger partial charge in [-0.25, -0.2) is 0 Å². The molecule has 0 aliphatic carbocycles. The number of piperazine rings is 1. The van der Waals surface area contributed by atoms with E-state index in [4.69, 9.17) is 16.3 Å². The van der Waals surface area contributed by atoms with Crippen molar-refractivity contribution in [3.63, 3.8) is 0 Å². The molecule has 3 heterocycles. The summed E-state index contributed by atoms with van der Waals surface area (Å²) in [6, 6.07) is 14.1. The van der Waals surface area contributed by atoms with E-state index in [1.54, 1.807) is 20.4 Å². The normalized spacial score (nSPS) is 17.6. The number of anilines is 5. The maximum absolute atomic E-state index is 12.3. The summed E-state index contributed by atoms with van der Waals surface area (Å²) in [5.41, 5.74) is 2.56. The minimum Gasteiger partial charge on any atom is -0.492 e. The molecule has 2 saturated heterocycles. The Labute approximate surface area is 241 Å². The summed E-state index contributed by atoms with van der Waals surface area (Å²) in [4.78, 5) is 12.0. The quantitative estimate of drug-likeness (QED) is 0.369. The van der Waals surface area contributed by atoms with Crippen molar-refractivity contribution in [2.24, 2.45) is 0 Å². The van der Waals surface area contributed by atoms with Gasteiger partial charge in [0.25, 0.3) is 0 Å². The van der Waals surface area contributed by atoms with Crippen LogP contribution >= 0.6 is 18.7 Å². The fraction of sp³-hybridized carbons (Fsp3) is 0.464. The summed E-state index contributed by atoms with van der Waals surface area (Å²) >= 11 is 6.31. The Morgan fingerprint density at radius 2 is 1.65 bits per heavy atom. The zero-order chi connectivity index (χ0) is 28.3. The molecule has 0 saturated carbocycles. The predicted molar refractivity (Wildman–Crippen MR) is 164 cm³/mol. The molecule has 0 unspecified atom stereocenters. The lowest BCUT2D eigenvalue weighted by Crippen LogP contribution is -2.52. The number of hydrogen-bond donors (Lipinski definition) is 2. The Bertz CT molecular complexity index is 1350. The van der Waals surface area contributed by atoms with E-state index in [1.807, 2.05) is 36.4 Å². The molecular formula is C28H38ClN8O2P. The van der Waals surface area contributed by atoms with Gasteiger partial charge < -0.3 is 29.7 Å². The van der Waals surface area contributed by atoms with Gasteiger partial charge in [0, 0.05) is 56.3 Å². The van der Waals surface area contributed by atoms with Crippen LogP contribution in [0.1, 0.15) is 12.8 Å². The van der Waals surface area contributed by atoms with Gasteiger partial charge in [0.15, 0.2) is 16.7 Å². The Morgan fingerprint density at radius 3 is 2.30 bits per heavy atom. The van der Waals surface area contributed by atoms with Gasteiger partial charge in [-0.15, -0.1) is 10.2 Å². The van der Waals surface area contributed by atoms with Crippen molar-refractivity contribution in [2.75, 3.05) is 82.3 Å². The van der Waals surface area contributed by atoms with Gasteiger partial charge >= 0.3 is 0 Å². The van der Waals surface area contributed by atoms with Crippen LogP contribution in [0, 0.1) is 0 Å². The fourth-order valence-corrected chi connectivity index (χ4v) is 6.35.